The highest BCUT2D eigenvalue weighted by Crippen LogP contribution is 2.15. The van der Waals surface area contributed by atoms with Gasteiger partial charge in [-0.3, -0.25) is 0 Å². The molecule has 0 aromatic heterocycles. The summed E-state index contributed by atoms with van der Waals surface area (Å²) in [7, 11) is 0. The van der Waals surface area contributed by atoms with Crippen molar-refractivity contribution in [1.29, 1.82) is 0 Å². The molecule has 0 heterocycles. The van der Waals surface area contributed by atoms with Crippen LogP contribution in [0, 0.1) is 0 Å². The Balaban J connectivity index is 1.67. The van der Waals surface area contributed by atoms with Crippen molar-refractivity contribution < 1.29 is 4.74 Å². The van der Waals surface area contributed by atoms with Gasteiger partial charge < -0.3 is 4.74 Å². The summed E-state index contributed by atoms with van der Waals surface area (Å²) in [5, 5.41) is 1.28. The van der Waals surface area contributed by atoms with Crippen molar-refractivity contribution in [2.75, 3.05) is 13.2 Å². The molecular weight excluding hydrogens is 374 g/mol. The topological polar surface area (TPSA) is 9.23 Å². The molecule has 0 saturated heterocycles. The van der Waals surface area contributed by atoms with Crippen LogP contribution in [-0.4, -0.2) is 24.0 Å². The molecule has 0 aliphatic rings. The molecule has 0 radical (unpaired) electrons. The SMILES string of the molecule is Clc1ccc(CC(Cl)COCC(Cl)Cc2ccc(Cl)cc2)cc1. The molecule has 0 amide bonds. The molecule has 1 nitrogen and oxygen atoms in total. The molecule has 23 heavy (non-hydrogen) atoms. The number of benzene rings is 2. The smallest absolute Gasteiger partial charge is 0.0634 e. The van der Waals surface area contributed by atoms with E-state index in [2.05, 4.69) is 0 Å². The number of alkyl halides is 2. The fourth-order valence-electron chi connectivity index (χ4n) is 2.19. The van der Waals surface area contributed by atoms with Gasteiger partial charge in [-0.25, -0.2) is 0 Å². The quantitative estimate of drug-likeness (QED) is 0.500. The van der Waals surface area contributed by atoms with E-state index in [1.165, 1.54) is 0 Å². The van der Waals surface area contributed by atoms with E-state index in [1.807, 2.05) is 48.5 Å². The van der Waals surface area contributed by atoms with Crippen LogP contribution >= 0.6 is 46.4 Å². The number of hydrogen-bond acceptors (Lipinski definition) is 1. The minimum atomic E-state index is -0.0874. The van der Waals surface area contributed by atoms with E-state index in [1.54, 1.807) is 0 Å². The summed E-state index contributed by atoms with van der Waals surface area (Å²) in [4.78, 5) is 0. The van der Waals surface area contributed by atoms with Crippen molar-refractivity contribution >= 4 is 46.4 Å². The minimum Gasteiger partial charge on any atom is -0.378 e. The fraction of sp³-hybridized carbons (Fsp3) is 0.333. The van der Waals surface area contributed by atoms with Crippen LogP contribution in [0.4, 0.5) is 0 Å². The van der Waals surface area contributed by atoms with Crippen molar-refractivity contribution in [1.82, 2.24) is 0 Å². The molecule has 0 aliphatic carbocycles. The lowest BCUT2D eigenvalue weighted by Gasteiger charge is -2.13. The van der Waals surface area contributed by atoms with E-state index in [0.717, 1.165) is 34.0 Å². The Labute approximate surface area is 157 Å². The summed E-state index contributed by atoms with van der Waals surface area (Å²) < 4.78 is 5.63. The van der Waals surface area contributed by atoms with Crippen LogP contribution in [0.3, 0.4) is 0 Å². The van der Waals surface area contributed by atoms with E-state index in [4.69, 9.17) is 51.1 Å². The van der Waals surface area contributed by atoms with Crippen LogP contribution in [0.25, 0.3) is 0 Å². The average Bonchev–Trinajstić information content (AvgIpc) is 2.52. The summed E-state index contributed by atoms with van der Waals surface area (Å²) in [6.07, 6.45) is 1.48. The summed E-state index contributed by atoms with van der Waals surface area (Å²) in [6.45, 7) is 0.933. The van der Waals surface area contributed by atoms with Crippen molar-refractivity contribution in [2.24, 2.45) is 0 Å². The zero-order valence-corrected chi connectivity index (χ0v) is 15.5. The molecule has 2 aromatic carbocycles. The summed E-state index contributed by atoms with van der Waals surface area (Å²) in [5.74, 6) is 0. The molecule has 0 spiro atoms. The number of hydrogen-bond donors (Lipinski definition) is 0. The zero-order valence-electron chi connectivity index (χ0n) is 12.5. The van der Waals surface area contributed by atoms with Crippen LogP contribution in [0.1, 0.15) is 11.1 Å². The van der Waals surface area contributed by atoms with Gasteiger partial charge in [-0.15, -0.1) is 23.2 Å². The number of ether oxygens (including phenoxy) is 1. The molecular formula is C18H18Cl4O. The second kappa shape index (κ2) is 9.76. The van der Waals surface area contributed by atoms with Gasteiger partial charge in [-0.2, -0.15) is 0 Å². The van der Waals surface area contributed by atoms with Crippen LogP contribution in [0.2, 0.25) is 10.0 Å². The first-order chi connectivity index (χ1) is 11.0. The highest BCUT2D eigenvalue weighted by molar-refractivity contribution is 6.30. The van der Waals surface area contributed by atoms with Crippen molar-refractivity contribution in [3.05, 3.63) is 69.7 Å². The van der Waals surface area contributed by atoms with E-state index >= 15 is 0 Å². The van der Waals surface area contributed by atoms with Gasteiger partial charge in [0.25, 0.3) is 0 Å². The van der Waals surface area contributed by atoms with Crippen LogP contribution in [0.5, 0.6) is 0 Å². The Morgan fingerprint density at radius 2 is 1.00 bits per heavy atom. The molecule has 0 N–H and O–H groups in total. The van der Waals surface area contributed by atoms with Gasteiger partial charge in [-0.05, 0) is 48.2 Å². The molecule has 5 heteroatoms. The third-order valence-corrected chi connectivity index (χ3v) is 4.40. The standard InChI is InChI=1S/C18H18Cl4O/c19-15-5-1-13(2-6-15)9-17(21)11-23-12-18(22)10-14-3-7-16(20)8-4-14/h1-8,17-18H,9-12H2. The summed E-state index contributed by atoms with van der Waals surface area (Å²) >= 11 is 24.3. The first kappa shape index (κ1) is 18.9. The Bertz CT molecular complexity index is 529. The lowest BCUT2D eigenvalue weighted by molar-refractivity contribution is 0.134. The van der Waals surface area contributed by atoms with Gasteiger partial charge in [0.05, 0.1) is 24.0 Å². The largest absolute Gasteiger partial charge is 0.378 e. The van der Waals surface area contributed by atoms with E-state index < -0.39 is 0 Å². The Kier molecular flexibility index (Phi) is 8.02. The highest BCUT2D eigenvalue weighted by Gasteiger charge is 2.10. The second-order valence-electron chi connectivity index (χ2n) is 5.39. The Hall–Kier alpha value is -0.440. The van der Waals surface area contributed by atoms with Gasteiger partial charge in [-0.1, -0.05) is 47.5 Å². The van der Waals surface area contributed by atoms with E-state index in [0.29, 0.717) is 13.2 Å². The number of rotatable bonds is 8. The predicted molar refractivity (Wildman–Crippen MR) is 100 cm³/mol. The third-order valence-electron chi connectivity index (χ3n) is 3.34. The minimum absolute atomic E-state index is 0.0874. The van der Waals surface area contributed by atoms with Crippen LogP contribution in [-0.2, 0) is 17.6 Å². The second-order valence-corrected chi connectivity index (χ2v) is 7.50. The molecule has 124 valence electrons. The van der Waals surface area contributed by atoms with Crippen LogP contribution < -0.4 is 0 Å². The monoisotopic (exact) mass is 390 g/mol. The van der Waals surface area contributed by atoms with Crippen molar-refractivity contribution in [2.45, 2.75) is 23.6 Å². The molecule has 0 fully saturated rings. The maximum Gasteiger partial charge on any atom is 0.0634 e. The molecule has 0 saturated carbocycles. The first-order valence-electron chi connectivity index (χ1n) is 7.37. The van der Waals surface area contributed by atoms with Gasteiger partial charge in [0.2, 0.25) is 0 Å². The predicted octanol–water partition coefficient (Wildman–Crippen LogP) is 6.01. The van der Waals surface area contributed by atoms with Gasteiger partial charge >= 0.3 is 0 Å². The molecule has 0 bridgehead atoms. The Morgan fingerprint density at radius 1 is 0.652 bits per heavy atom. The zero-order chi connectivity index (χ0) is 16.7. The molecule has 2 rings (SSSR count). The summed E-state index contributed by atoms with van der Waals surface area (Å²) in [5.41, 5.74) is 2.28. The summed E-state index contributed by atoms with van der Waals surface area (Å²) in [6, 6.07) is 15.4. The first-order valence-corrected chi connectivity index (χ1v) is 9.00. The maximum absolute atomic E-state index is 6.30. The third kappa shape index (κ3) is 7.32. The van der Waals surface area contributed by atoms with Gasteiger partial charge in [0.1, 0.15) is 0 Å². The van der Waals surface area contributed by atoms with Crippen molar-refractivity contribution in [3.8, 4) is 0 Å². The molecule has 2 atom stereocenters. The normalized spacial score (nSPS) is 13.7. The molecule has 0 aliphatic heterocycles. The molecule has 2 unspecified atom stereocenters. The van der Waals surface area contributed by atoms with E-state index in [9.17, 15) is 0 Å². The fourth-order valence-corrected chi connectivity index (χ4v) is 2.98. The maximum atomic E-state index is 6.30. The van der Waals surface area contributed by atoms with E-state index in [-0.39, 0.29) is 10.8 Å². The molecule has 2 aromatic rings. The lowest BCUT2D eigenvalue weighted by Crippen LogP contribution is -2.18. The Morgan fingerprint density at radius 3 is 1.35 bits per heavy atom. The van der Waals surface area contributed by atoms with Crippen molar-refractivity contribution in [3.63, 3.8) is 0 Å². The lowest BCUT2D eigenvalue weighted by atomic mass is 10.1. The average molecular weight is 392 g/mol. The van der Waals surface area contributed by atoms with Crippen LogP contribution in [0.15, 0.2) is 48.5 Å². The van der Waals surface area contributed by atoms with Gasteiger partial charge in [0.15, 0.2) is 0 Å². The van der Waals surface area contributed by atoms with Gasteiger partial charge in [0, 0.05) is 10.0 Å². The highest BCUT2D eigenvalue weighted by atomic mass is 35.5. The number of halogens is 4.